The first kappa shape index (κ1) is 18.2. The number of hydrogen-bond donors (Lipinski definition) is 2. The second-order valence-corrected chi connectivity index (χ2v) is 8.40. The molecule has 2 aromatic rings. The van der Waals surface area contributed by atoms with E-state index in [1.54, 1.807) is 18.2 Å². The predicted molar refractivity (Wildman–Crippen MR) is 89.3 cm³/mol. The summed E-state index contributed by atoms with van der Waals surface area (Å²) in [4.78, 5) is 11.2. The van der Waals surface area contributed by atoms with Gasteiger partial charge in [-0.3, -0.25) is 0 Å². The molecule has 2 aromatic carbocycles. The van der Waals surface area contributed by atoms with Crippen molar-refractivity contribution in [3.63, 3.8) is 0 Å². The van der Waals surface area contributed by atoms with Gasteiger partial charge < -0.3 is 10.1 Å². The molecule has 10 heteroatoms. The Balaban J connectivity index is 1.56. The number of nitrogens with one attached hydrogen (secondary N) is 2. The van der Waals surface area contributed by atoms with Gasteiger partial charge >= 0.3 is 12.1 Å². The van der Waals surface area contributed by atoms with Crippen molar-refractivity contribution >= 4 is 26.8 Å². The molecule has 27 heavy (non-hydrogen) atoms. The lowest BCUT2D eigenvalue weighted by Gasteiger charge is -2.18. The quantitative estimate of drug-likeness (QED) is 0.761. The first-order valence-electron chi connectivity index (χ1n) is 8.15. The molecule has 1 heterocycles. The number of sulfonamides is 1. The fourth-order valence-corrected chi connectivity index (χ4v) is 4.97. The molecular weight excluding hydrogens is 385 g/mol. The van der Waals surface area contributed by atoms with E-state index >= 15 is 0 Å². The number of ether oxygens (including phenoxy) is 1. The van der Waals surface area contributed by atoms with Crippen LogP contribution < -0.4 is 10.0 Å². The van der Waals surface area contributed by atoms with E-state index in [4.69, 9.17) is 0 Å². The van der Waals surface area contributed by atoms with Crippen LogP contribution in [0.25, 0.3) is 10.8 Å². The number of carbonyl (C=O) groups is 1. The maximum atomic E-state index is 12.7. The summed E-state index contributed by atoms with van der Waals surface area (Å²) in [5.41, 5.74) is -1.50. The van der Waals surface area contributed by atoms with E-state index in [2.05, 4.69) is 14.8 Å². The highest BCUT2D eigenvalue weighted by molar-refractivity contribution is 7.89. The van der Waals surface area contributed by atoms with Gasteiger partial charge in [0.2, 0.25) is 10.0 Å². The Kier molecular flexibility index (Phi) is 3.99. The van der Waals surface area contributed by atoms with Crippen LogP contribution in [0.3, 0.4) is 0 Å². The number of halogens is 3. The Bertz CT molecular complexity index is 1020. The molecule has 0 bridgehead atoms. The van der Waals surface area contributed by atoms with Crippen LogP contribution in [0.4, 0.5) is 13.2 Å². The Morgan fingerprint density at radius 1 is 1.19 bits per heavy atom. The minimum atomic E-state index is -5.13. The molecule has 6 nitrogen and oxygen atoms in total. The maximum absolute atomic E-state index is 12.7. The molecule has 2 fully saturated rings. The average Bonchev–Trinajstić information content (AvgIpc) is 2.97. The molecule has 1 aliphatic heterocycles. The molecule has 0 spiro atoms. The zero-order chi connectivity index (χ0) is 19.4. The van der Waals surface area contributed by atoms with E-state index in [-0.39, 0.29) is 18.0 Å². The fraction of sp³-hybridized carbons (Fsp3) is 0.353. The number of rotatable bonds is 4. The summed E-state index contributed by atoms with van der Waals surface area (Å²) in [6.07, 6.45) is -5.13. The Labute approximate surface area is 152 Å². The third-order valence-corrected chi connectivity index (χ3v) is 6.48. The van der Waals surface area contributed by atoms with Gasteiger partial charge in [0.05, 0.1) is 10.9 Å². The van der Waals surface area contributed by atoms with Gasteiger partial charge in [0.25, 0.3) is 0 Å². The number of hydrogen-bond acceptors (Lipinski definition) is 5. The standard InChI is InChI=1S/C17H15F3N2O4S/c18-17(19,20)15(23)26-16-9-21-8-13(16)14(16)22-27(24,25)12-6-5-10-3-1-2-4-11(10)7-12/h1-7,13-14,21-22H,8-9H2. The smallest absolute Gasteiger partial charge is 0.449 e. The highest BCUT2D eigenvalue weighted by Crippen LogP contribution is 2.51. The monoisotopic (exact) mass is 400 g/mol. The molecule has 1 aliphatic carbocycles. The van der Waals surface area contributed by atoms with Crippen LogP contribution in [-0.2, 0) is 19.6 Å². The van der Waals surface area contributed by atoms with E-state index in [1.165, 1.54) is 12.1 Å². The molecule has 144 valence electrons. The summed E-state index contributed by atoms with van der Waals surface area (Å²) in [5.74, 6) is -2.86. The fourth-order valence-electron chi connectivity index (χ4n) is 3.60. The third-order valence-electron chi connectivity index (χ3n) is 5.04. The van der Waals surface area contributed by atoms with E-state index in [0.29, 0.717) is 0 Å². The molecule has 2 N–H and O–H groups in total. The summed E-state index contributed by atoms with van der Waals surface area (Å²) >= 11 is 0. The average molecular weight is 400 g/mol. The van der Waals surface area contributed by atoms with Crippen molar-refractivity contribution in [2.75, 3.05) is 13.1 Å². The number of piperidine rings is 1. The van der Waals surface area contributed by atoms with Gasteiger partial charge in [-0.25, -0.2) is 17.9 Å². The summed E-state index contributed by atoms with van der Waals surface area (Å²) < 4.78 is 70.0. The molecule has 0 aromatic heterocycles. The molecule has 2 aliphatic rings. The first-order valence-corrected chi connectivity index (χ1v) is 9.64. The summed E-state index contributed by atoms with van der Waals surface area (Å²) in [5, 5.41) is 4.40. The molecule has 3 unspecified atom stereocenters. The van der Waals surface area contributed by atoms with Crippen LogP contribution >= 0.6 is 0 Å². The van der Waals surface area contributed by atoms with Gasteiger partial charge in [0.1, 0.15) is 5.60 Å². The number of alkyl halides is 3. The number of benzene rings is 2. The molecule has 3 atom stereocenters. The normalized spacial score (nSPS) is 27.4. The zero-order valence-corrected chi connectivity index (χ0v) is 14.6. The van der Waals surface area contributed by atoms with Gasteiger partial charge in [-0.05, 0) is 22.9 Å². The molecule has 1 saturated carbocycles. The Hall–Kier alpha value is -2.17. The molecule has 0 amide bonds. The van der Waals surface area contributed by atoms with Crippen molar-refractivity contribution in [3.05, 3.63) is 42.5 Å². The van der Waals surface area contributed by atoms with Gasteiger partial charge in [0, 0.05) is 19.0 Å². The van der Waals surface area contributed by atoms with Crippen LogP contribution in [0.15, 0.2) is 47.4 Å². The summed E-state index contributed by atoms with van der Waals surface area (Å²) in [6.45, 7) is 0.223. The lowest BCUT2D eigenvalue weighted by atomic mass is 10.1. The topological polar surface area (TPSA) is 84.5 Å². The summed E-state index contributed by atoms with van der Waals surface area (Å²) in [6, 6.07) is 10.9. The van der Waals surface area contributed by atoms with Crippen LogP contribution in [-0.4, -0.2) is 45.3 Å². The number of esters is 1. The van der Waals surface area contributed by atoms with Gasteiger partial charge in [0.15, 0.2) is 0 Å². The lowest BCUT2D eigenvalue weighted by molar-refractivity contribution is -0.207. The zero-order valence-electron chi connectivity index (χ0n) is 13.8. The van der Waals surface area contributed by atoms with E-state index in [9.17, 15) is 26.4 Å². The second-order valence-electron chi connectivity index (χ2n) is 6.69. The van der Waals surface area contributed by atoms with Crippen molar-refractivity contribution in [2.24, 2.45) is 5.92 Å². The van der Waals surface area contributed by atoms with Crippen LogP contribution in [0, 0.1) is 5.92 Å². The van der Waals surface area contributed by atoms with Crippen molar-refractivity contribution in [1.29, 1.82) is 0 Å². The minimum absolute atomic E-state index is 0.00331. The van der Waals surface area contributed by atoms with Crippen molar-refractivity contribution < 1.29 is 31.1 Å². The largest absolute Gasteiger partial charge is 0.490 e. The Morgan fingerprint density at radius 3 is 2.59 bits per heavy atom. The number of fused-ring (bicyclic) bond motifs is 2. The van der Waals surface area contributed by atoms with Crippen molar-refractivity contribution in [1.82, 2.24) is 10.0 Å². The summed E-state index contributed by atoms with van der Waals surface area (Å²) in [7, 11) is -3.99. The van der Waals surface area contributed by atoms with Crippen molar-refractivity contribution in [3.8, 4) is 0 Å². The number of carbonyl (C=O) groups excluding carboxylic acids is 1. The van der Waals surface area contributed by atoms with Gasteiger partial charge in [-0.15, -0.1) is 0 Å². The maximum Gasteiger partial charge on any atom is 0.490 e. The Morgan fingerprint density at radius 2 is 1.89 bits per heavy atom. The molecule has 1 saturated heterocycles. The van der Waals surface area contributed by atoms with E-state index < -0.39 is 39.7 Å². The minimum Gasteiger partial charge on any atom is -0.449 e. The van der Waals surface area contributed by atoms with Crippen LogP contribution in [0.1, 0.15) is 0 Å². The van der Waals surface area contributed by atoms with Gasteiger partial charge in [-0.2, -0.15) is 13.2 Å². The molecular formula is C17H15F3N2O4S. The predicted octanol–water partition coefficient (Wildman–Crippen LogP) is 1.56. The highest BCUT2D eigenvalue weighted by Gasteiger charge is 2.73. The second kappa shape index (κ2) is 5.91. The first-order chi connectivity index (χ1) is 12.6. The lowest BCUT2D eigenvalue weighted by Crippen LogP contribution is -2.42. The molecule has 4 rings (SSSR count). The van der Waals surface area contributed by atoms with Crippen LogP contribution in [0.2, 0.25) is 0 Å². The van der Waals surface area contributed by atoms with Gasteiger partial charge in [-0.1, -0.05) is 30.3 Å². The van der Waals surface area contributed by atoms with Crippen molar-refractivity contribution in [2.45, 2.75) is 22.7 Å². The van der Waals surface area contributed by atoms with Crippen LogP contribution in [0.5, 0.6) is 0 Å². The SMILES string of the molecule is O=C(OC12CNCC1C2NS(=O)(=O)c1ccc2ccccc2c1)C(F)(F)F. The van der Waals surface area contributed by atoms with E-state index in [0.717, 1.165) is 10.8 Å². The third kappa shape index (κ3) is 3.07. The highest BCUT2D eigenvalue weighted by atomic mass is 32.2. The van der Waals surface area contributed by atoms with E-state index in [1.807, 2.05) is 12.1 Å². The molecule has 0 radical (unpaired) electrons.